The first-order valence-electron chi connectivity index (χ1n) is 7.10. The van der Waals surface area contributed by atoms with E-state index in [0.717, 1.165) is 32.5 Å². The number of aromatic nitrogens is 1. The van der Waals surface area contributed by atoms with Crippen molar-refractivity contribution in [2.45, 2.75) is 12.8 Å². The van der Waals surface area contributed by atoms with Gasteiger partial charge in [-0.3, -0.25) is 9.59 Å². The van der Waals surface area contributed by atoms with E-state index in [9.17, 15) is 14.7 Å². The minimum Gasteiger partial charge on any atom is -0.396 e. The van der Waals surface area contributed by atoms with Crippen LogP contribution in [0.4, 0.5) is 0 Å². The predicted molar refractivity (Wildman–Crippen MR) is 80.7 cm³/mol. The highest BCUT2D eigenvalue weighted by molar-refractivity contribution is 6.30. The van der Waals surface area contributed by atoms with E-state index in [1.54, 1.807) is 0 Å². The highest BCUT2D eigenvalue weighted by Gasteiger charge is 2.18. The van der Waals surface area contributed by atoms with Crippen molar-refractivity contribution in [3.05, 3.63) is 33.2 Å². The van der Waals surface area contributed by atoms with Crippen LogP contribution >= 0.6 is 11.6 Å². The number of likely N-dealkylation sites (tertiary alicyclic amines) is 1. The molecule has 0 saturated carbocycles. The fourth-order valence-corrected chi connectivity index (χ4v) is 2.69. The van der Waals surface area contributed by atoms with Gasteiger partial charge in [-0.1, -0.05) is 11.6 Å². The van der Waals surface area contributed by atoms with E-state index in [0.29, 0.717) is 18.0 Å². The van der Waals surface area contributed by atoms with E-state index >= 15 is 0 Å². The zero-order valence-electron chi connectivity index (χ0n) is 11.8. The molecule has 1 fully saturated rings. The lowest BCUT2D eigenvalue weighted by molar-refractivity contribution is 0.0930. The van der Waals surface area contributed by atoms with Crippen molar-refractivity contribution >= 4 is 17.5 Å². The molecule has 1 saturated heterocycles. The van der Waals surface area contributed by atoms with Gasteiger partial charge < -0.3 is 20.3 Å². The standard InChI is InChI=1S/C14H20ClN3O3/c15-12-6-11(7-17-14(12)21)13(20)16-3-5-18-4-1-2-10(8-18)9-19/h6-7,10,19H,1-5,8-9H2,(H,16,20)(H,17,21). The number of nitrogens with one attached hydrogen (secondary N) is 2. The Hall–Kier alpha value is -1.37. The smallest absolute Gasteiger partial charge is 0.266 e. The number of H-pyrrole nitrogens is 1. The number of aliphatic hydroxyl groups is 1. The third-order valence-electron chi connectivity index (χ3n) is 3.69. The van der Waals surface area contributed by atoms with Gasteiger partial charge in [0.2, 0.25) is 0 Å². The molecule has 0 aromatic carbocycles. The Morgan fingerprint density at radius 2 is 2.38 bits per heavy atom. The molecule has 1 atom stereocenters. The molecule has 6 nitrogen and oxygen atoms in total. The summed E-state index contributed by atoms with van der Waals surface area (Å²) in [7, 11) is 0. The van der Waals surface area contributed by atoms with Crippen LogP contribution in [0.25, 0.3) is 0 Å². The summed E-state index contributed by atoms with van der Waals surface area (Å²) >= 11 is 5.69. The van der Waals surface area contributed by atoms with Crippen molar-refractivity contribution in [1.82, 2.24) is 15.2 Å². The van der Waals surface area contributed by atoms with Gasteiger partial charge in [-0.25, -0.2) is 0 Å². The highest BCUT2D eigenvalue weighted by Crippen LogP contribution is 2.14. The van der Waals surface area contributed by atoms with Crippen LogP contribution in [0, 0.1) is 5.92 Å². The Kier molecular flexibility index (Phi) is 5.78. The fourth-order valence-electron chi connectivity index (χ4n) is 2.52. The Bertz CT molecular complexity index is 547. The van der Waals surface area contributed by atoms with Crippen molar-refractivity contribution in [3.8, 4) is 0 Å². The zero-order chi connectivity index (χ0) is 15.2. The summed E-state index contributed by atoms with van der Waals surface area (Å²) in [5.74, 6) is 0.0799. The first kappa shape index (κ1) is 16.0. The molecule has 1 aromatic heterocycles. The Morgan fingerprint density at radius 1 is 1.57 bits per heavy atom. The van der Waals surface area contributed by atoms with Gasteiger partial charge in [-0.15, -0.1) is 0 Å². The van der Waals surface area contributed by atoms with Gasteiger partial charge in [-0.2, -0.15) is 0 Å². The second-order valence-electron chi connectivity index (χ2n) is 5.31. The van der Waals surface area contributed by atoms with Gasteiger partial charge in [-0.05, 0) is 31.4 Å². The van der Waals surface area contributed by atoms with Gasteiger partial charge >= 0.3 is 0 Å². The fraction of sp³-hybridized carbons (Fsp3) is 0.571. The van der Waals surface area contributed by atoms with Gasteiger partial charge in [0.25, 0.3) is 11.5 Å². The monoisotopic (exact) mass is 313 g/mol. The van der Waals surface area contributed by atoms with Crippen LogP contribution in [-0.4, -0.2) is 53.7 Å². The zero-order valence-corrected chi connectivity index (χ0v) is 12.5. The first-order chi connectivity index (χ1) is 10.1. The molecule has 21 heavy (non-hydrogen) atoms. The lowest BCUT2D eigenvalue weighted by Crippen LogP contribution is -2.41. The lowest BCUT2D eigenvalue weighted by Gasteiger charge is -2.31. The van der Waals surface area contributed by atoms with Crippen molar-refractivity contribution in [1.29, 1.82) is 0 Å². The highest BCUT2D eigenvalue weighted by atomic mass is 35.5. The maximum absolute atomic E-state index is 11.9. The van der Waals surface area contributed by atoms with Crippen LogP contribution in [0.5, 0.6) is 0 Å². The number of amides is 1. The molecule has 1 aliphatic rings. The minimum absolute atomic E-state index is 0.00414. The molecule has 1 unspecified atom stereocenters. The largest absolute Gasteiger partial charge is 0.396 e. The van der Waals surface area contributed by atoms with Gasteiger partial charge in [0, 0.05) is 32.4 Å². The van der Waals surface area contributed by atoms with E-state index < -0.39 is 5.56 Å². The molecular weight excluding hydrogens is 294 g/mol. The maximum Gasteiger partial charge on any atom is 0.266 e. The van der Waals surface area contributed by atoms with Crippen molar-refractivity contribution in [3.63, 3.8) is 0 Å². The number of aliphatic hydroxyl groups excluding tert-OH is 1. The molecular formula is C14H20ClN3O3. The number of rotatable bonds is 5. The molecule has 7 heteroatoms. The van der Waals surface area contributed by atoms with Crippen LogP contribution in [0.3, 0.4) is 0 Å². The summed E-state index contributed by atoms with van der Waals surface area (Å²) in [6.45, 7) is 3.36. The number of nitrogens with zero attached hydrogens (tertiary/aromatic N) is 1. The number of hydrogen-bond donors (Lipinski definition) is 3. The number of piperidine rings is 1. The van der Waals surface area contributed by atoms with Crippen LogP contribution in [-0.2, 0) is 0 Å². The average Bonchev–Trinajstić information content (AvgIpc) is 2.50. The van der Waals surface area contributed by atoms with E-state index in [-0.39, 0.29) is 17.5 Å². The lowest BCUT2D eigenvalue weighted by atomic mass is 9.99. The Balaban J connectivity index is 1.78. The topological polar surface area (TPSA) is 85.4 Å². The number of carbonyl (C=O) groups excluding carboxylic acids is 1. The number of halogens is 1. The third-order valence-corrected chi connectivity index (χ3v) is 3.98. The number of carbonyl (C=O) groups is 1. The van der Waals surface area contributed by atoms with E-state index in [2.05, 4.69) is 15.2 Å². The quantitative estimate of drug-likeness (QED) is 0.737. The molecule has 1 aromatic rings. The molecule has 0 radical (unpaired) electrons. The number of pyridine rings is 1. The summed E-state index contributed by atoms with van der Waals surface area (Å²) in [5.41, 5.74) is -0.0666. The Labute approximate surface area is 128 Å². The molecule has 3 N–H and O–H groups in total. The molecule has 0 bridgehead atoms. The SMILES string of the molecule is O=C(NCCN1CCCC(CO)C1)c1c[nH]c(=O)c(Cl)c1. The van der Waals surface area contributed by atoms with Crippen LogP contribution < -0.4 is 10.9 Å². The summed E-state index contributed by atoms with van der Waals surface area (Å²) in [6.07, 6.45) is 3.50. The summed E-state index contributed by atoms with van der Waals surface area (Å²) < 4.78 is 0. The van der Waals surface area contributed by atoms with Crippen molar-refractivity contribution in [2.75, 3.05) is 32.8 Å². The van der Waals surface area contributed by atoms with Crippen LogP contribution in [0.2, 0.25) is 5.02 Å². The molecule has 2 heterocycles. The summed E-state index contributed by atoms with van der Waals surface area (Å²) in [4.78, 5) is 27.7. The van der Waals surface area contributed by atoms with Crippen molar-refractivity contribution in [2.24, 2.45) is 5.92 Å². The van der Waals surface area contributed by atoms with E-state index in [4.69, 9.17) is 11.6 Å². The van der Waals surface area contributed by atoms with Gasteiger partial charge in [0.15, 0.2) is 0 Å². The van der Waals surface area contributed by atoms with Gasteiger partial charge in [0.05, 0.1) is 5.56 Å². The number of hydrogen-bond acceptors (Lipinski definition) is 4. The molecule has 2 rings (SSSR count). The second-order valence-corrected chi connectivity index (χ2v) is 5.72. The Morgan fingerprint density at radius 3 is 3.10 bits per heavy atom. The molecule has 1 amide bonds. The van der Waals surface area contributed by atoms with Crippen molar-refractivity contribution < 1.29 is 9.90 Å². The summed E-state index contributed by atoms with van der Waals surface area (Å²) in [6, 6.07) is 1.36. The summed E-state index contributed by atoms with van der Waals surface area (Å²) in [5, 5.41) is 12.0. The molecule has 0 spiro atoms. The maximum atomic E-state index is 11.9. The minimum atomic E-state index is -0.406. The van der Waals surface area contributed by atoms with Gasteiger partial charge in [0.1, 0.15) is 5.02 Å². The number of aromatic amines is 1. The normalized spacial score (nSPS) is 19.4. The molecule has 116 valence electrons. The van der Waals surface area contributed by atoms with E-state index in [1.165, 1.54) is 12.3 Å². The second kappa shape index (κ2) is 7.59. The molecule has 0 aliphatic carbocycles. The predicted octanol–water partition coefficient (Wildman–Crippen LogP) is 0.462. The molecule has 1 aliphatic heterocycles. The van der Waals surface area contributed by atoms with E-state index in [1.807, 2.05) is 0 Å². The first-order valence-corrected chi connectivity index (χ1v) is 7.47. The average molecular weight is 314 g/mol. The van der Waals surface area contributed by atoms with Crippen LogP contribution in [0.1, 0.15) is 23.2 Å². The van der Waals surface area contributed by atoms with Crippen LogP contribution in [0.15, 0.2) is 17.1 Å². The third kappa shape index (κ3) is 4.56.